The zero-order valence-electron chi connectivity index (χ0n) is 21.1. The molecule has 38 heavy (non-hydrogen) atoms. The Balaban J connectivity index is 1.53. The van der Waals surface area contributed by atoms with Crippen LogP contribution in [0, 0.1) is 0 Å². The Morgan fingerprint density at radius 2 is 1.76 bits per heavy atom. The average Bonchev–Trinajstić information content (AvgIpc) is 3.19. The minimum atomic E-state index is -1.25. The highest BCUT2D eigenvalue weighted by Gasteiger charge is 2.50. The molecule has 4 aromatic carbocycles. The normalized spacial score (nSPS) is 18.4. The lowest BCUT2D eigenvalue weighted by atomic mass is 9.66. The van der Waals surface area contributed by atoms with E-state index in [0.717, 1.165) is 38.7 Å². The maximum Gasteiger partial charge on any atom is 0.329 e. The first kappa shape index (κ1) is 24.5. The van der Waals surface area contributed by atoms with Gasteiger partial charge in [0.15, 0.2) is 0 Å². The Labute approximate surface area is 228 Å². The zero-order valence-corrected chi connectivity index (χ0v) is 22.7. The van der Waals surface area contributed by atoms with E-state index < -0.39 is 17.3 Å². The van der Waals surface area contributed by atoms with Gasteiger partial charge in [-0.1, -0.05) is 76.6 Å². The molecule has 0 unspecified atom stereocenters. The summed E-state index contributed by atoms with van der Waals surface area (Å²) in [4.78, 5) is 26.5. The highest BCUT2D eigenvalue weighted by Crippen LogP contribution is 2.49. The third-order valence-electron chi connectivity index (χ3n) is 8.02. The maximum atomic E-state index is 13.6. The molecule has 2 heterocycles. The number of fused-ring (bicyclic) bond motifs is 1. The molecule has 0 saturated heterocycles. The number of benzene rings is 4. The number of rotatable bonds is 6. The Kier molecular flexibility index (Phi) is 5.91. The van der Waals surface area contributed by atoms with Gasteiger partial charge in [0, 0.05) is 17.3 Å². The molecule has 0 bridgehead atoms. The van der Waals surface area contributed by atoms with E-state index in [0.29, 0.717) is 18.7 Å². The van der Waals surface area contributed by atoms with Gasteiger partial charge in [-0.05, 0) is 58.7 Å². The van der Waals surface area contributed by atoms with E-state index in [9.17, 15) is 14.7 Å². The first-order chi connectivity index (χ1) is 18.3. The first-order valence-corrected chi connectivity index (χ1v) is 13.5. The van der Waals surface area contributed by atoms with E-state index >= 15 is 0 Å². The summed E-state index contributed by atoms with van der Waals surface area (Å²) in [6, 6.07) is 27.3. The number of imidazole rings is 1. The number of methoxy groups -OCH3 is 1. The molecular weight excluding hydrogens is 544 g/mol. The summed E-state index contributed by atoms with van der Waals surface area (Å²) >= 11 is 3.82. The molecule has 1 aromatic heterocycles. The van der Waals surface area contributed by atoms with Crippen LogP contribution in [0.15, 0.2) is 89.7 Å². The van der Waals surface area contributed by atoms with Gasteiger partial charge in [-0.3, -0.25) is 13.9 Å². The number of carbonyl (C=O) groups is 1. The van der Waals surface area contributed by atoms with Crippen LogP contribution in [0.5, 0.6) is 5.75 Å². The molecule has 1 N–H and O–H groups in total. The number of para-hydroxylation sites is 1. The molecule has 1 aliphatic rings. The second kappa shape index (κ2) is 9.17. The number of alkyl halides is 1. The molecule has 0 radical (unpaired) electrons. The molecule has 5 aromatic rings. The Morgan fingerprint density at radius 1 is 1.03 bits per heavy atom. The fourth-order valence-corrected chi connectivity index (χ4v) is 7.10. The average molecular weight is 571 g/mol. The Bertz CT molecular complexity index is 1760. The fourth-order valence-electron chi connectivity index (χ4n) is 6.00. The van der Waals surface area contributed by atoms with Crippen molar-refractivity contribution >= 4 is 43.7 Å². The SMILES string of the molecule is COc1ccc2cc([C@](C)(C(=O)O)[C@@H]3c4cccc5c4n(c(=O)n5Cc4ccccc4)C[C@H]3Br)ccc2c1. The number of ether oxygens (including phenoxy) is 1. The third-order valence-corrected chi connectivity index (χ3v) is 8.84. The van der Waals surface area contributed by atoms with Crippen LogP contribution in [0.25, 0.3) is 21.8 Å². The molecule has 6 rings (SSSR count). The molecular formula is C31H27BrN2O4. The molecule has 7 heteroatoms. The number of aliphatic carboxylic acids is 1. The Morgan fingerprint density at radius 3 is 2.50 bits per heavy atom. The molecule has 1 aliphatic heterocycles. The van der Waals surface area contributed by atoms with Crippen molar-refractivity contribution < 1.29 is 14.6 Å². The van der Waals surface area contributed by atoms with Gasteiger partial charge in [-0.25, -0.2) is 4.79 Å². The molecule has 0 aliphatic carbocycles. The van der Waals surface area contributed by atoms with Crippen molar-refractivity contribution in [3.63, 3.8) is 0 Å². The van der Waals surface area contributed by atoms with Crippen molar-refractivity contribution in [3.05, 3.63) is 112 Å². The number of carboxylic acid groups (broad SMARTS) is 1. The summed E-state index contributed by atoms with van der Waals surface area (Å²) in [5.74, 6) is -0.564. The van der Waals surface area contributed by atoms with Gasteiger partial charge in [-0.15, -0.1) is 0 Å². The lowest BCUT2D eigenvalue weighted by molar-refractivity contribution is -0.144. The van der Waals surface area contributed by atoms with Gasteiger partial charge in [0.2, 0.25) is 0 Å². The molecule has 0 fully saturated rings. The summed E-state index contributed by atoms with van der Waals surface area (Å²) < 4.78 is 8.93. The van der Waals surface area contributed by atoms with Crippen molar-refractivity contribution in [1.29, 1.82) is 0 Å². The molecule has 0 amide bonds. The number of nitrogens with zero attached hydrogens (tertiary/aromatic N) is 2. The minimum absolute atomic E-state index is 0.0871. The maximum absolute atomic E-state index is 13.6. The van der Waals surface area contributed by atoms with Crippen LogP contribution in [0.4, 0.5) is 0 Å². The lowest BCUT2D eigenvalue weighted by Gasteiger charge is -2.40. The van der Waals surface area contributed by atoms with Crippen LogP contribution in [-0.2, 0) is 23.3 Å². The van der Waals surface area contributed by atoms with Crippen molar-refractivity contribution in [2.45, 2.75) is 36.2 Å². The van der Waals surface area contributed by atoms with Gasteiger partial charge in [0.1, 0.15) is 5.75 Å². The summed E-state index contributed by atoms with van der Waals surface area (Å²) in [7, 11) is 1.63. The van der Waals surface area contributed by atoms with E-state index in [1.54, 1.807) is 23.2 Å². The number of hydrogen-bond donors (Lipinski definition) is 1. The third kappa shape index (κ3) is 3.68. The fraction of sp³-hybridized carbons (Fsp3) is 0.226. The van der Waals surface area contributed by atoms with Crippen LogP contribution in [0.1, 0.15) is 29.5 Å². The quantitative estimate of drug-likeness (QED) is 0.257. The molecule has 0 saturated carbocycles. The summed E-state index contributed by atoms with van der Waals surface area (Å²) in [6.07, 6.45) is 0. The highest BCUT2D eigenvalue weighted by molar-refractivity contribution is 9.09. The number of aromatic nitrogens is 2. The lowest BCUT2D eigenvalue weighted by Crippen LogP contribution is -2.46. The smallest absolute Gasteiger partial charge is 0.329 e. The van der Waals surface area contributed by atoms with E-state index in [1.165, 1.54) is 0 Å². The van der Waals surface area contributed by atoms with Gasteiger partial charge < -0.3 is 9.84 Å². The van der Waals surface area contributed by atoms with E-state index in [4.69, 9.17) is 4.74 Å². The van der Waals surface area contributed by atoms with Crippen molar-refractivity contribution in [2.75, 3.05) is 7.11 Å². The molecule has 6 nitrogen and oxygen atoms in total. The molecule has 0 spiro atoms. The van der Waals surface area contributed by atoms with E-state index in [1.807, 2.05) is 84.9 Å². The van der Waals surface area contributed by atoms with Crippen LogP contribution in [0.2, 0.25) is 0 Å². The molecule has 192 valence electrons. The van der Waals surface area contributed by atoms with Gasteiger partial charge in [-0.2, -0.15) is 0 Å². The monoisotopic (exact) mass is 570 g/mol. The van der Waals surface area contributed by atoms with Crippen LogP contribution >= 0.6 is 15.9 Å². The minimum Gasteiger partial charge on any atom is -0.497 e. The summed E-state index contributed by atoms with van der Waals surface area (Å²) in [6.45, 7) is 2.63. The van der Waals surface area contributed by atoms with Crippen molar-refractivity contribution in [3.8, 4) is 5.75 Å². The van der Waals surface area contributed by atoms with Gasteiger partial charge in [0.25, 0.3) is 0 Å². The van der Waals surface area contributed by atoms with E-state index in [-0.39, 0.29) is 10.5 Å². The van der Waals surface area contributed by atoms with Crippen LogP contribution < -0.4 is 10.4 Å². The van der Waals surface area contributed by atoms with Gasteiger partial charge in [0.05, 0.1) is 30.1 Å². The van der Waals surface area contributed by atoms with E-state index in [2.05, 4.69) is 15.9 Å². The van der Waals surface area contributed by atoms with Crippen LogP contribution in [-0.4, -0.2) is 32.1 Å². The second-order valence-electron chi connectivity index (χ2n) is 10.1. The second-order valence-corrected chi connectivity index (χ2v) is 11.3. The Hall–Kier alpha value is -3.84. The topological polar surface area (TPSA) is 73.5 Å². The zero-order chi connectivity index (χ0) is 26.6. The predicted octanol–water partition coefficient (Wildman–Crippen LogP) is 5.92. The molecule has 3 atom stereocenters. The predicted molar refractivity (Wildman–Crippen MR) is 153 cm³/mol. The van der Waals surface area contributed by atoms with Crippen molar-refractivity contribution in [1.82, 2.24) is 9.13 Å². The van der Waals surface area contributed by atoms with Gasteiger partial charge >= 0.3 is 11.7 Å². The summed E-state index contributed by atoms with van der Waals surface area (Å²) in [5.41, 5.74) is 2.91. The highest BCUT2D eigenvalue weighted by atomic mass is 79.9. The summed E-state index contributed by atoms with van der Waals surface area (Å²) in [5, 5.41) is 12.7. The number of carboxylic acids is 1. The first-order valence-electron chi connectivity index (χ1n) is 12.5. The number of hydrogen-bond acceptors (Lipinski definition) is 3. The van der Waals surface area contributed by atoms with Crippen LogP contribution in [0.3, 0.4) is 0 Å². The largest absolute Gasteiger partial charge is 0.497 e. The van der Waals surface area contributed by atoms with Crippen molar-refractivity contribution in [2.24, 2.45) is 0 Å². The number of halogens is 1. The standard InChI is InChI=1S/C31H27BrN2O4/c1-31(29(35)36,22-13-11-21-16-23(38-2)14-12-20(21)15-22)27-24-9-6-10-26-28(24)34(18-25(27)32)30(37)33(26)17-19-7-4-3-5-8-19/h3-16,25,27H,17-18H2,1-2H3,(H,35,36)/t25-,27-,31+/m1/s1.